The van der Waals surface area contributed by atoms with Gasteiger partial charge < -0.3 is 14.8 Å². The van der Waals surface area contributed by atoms with Gasteiger partial charge in [0.15, 0.2) is 0 Å². The molecule has 8 heteroatoms. The Balaban J connectivity index is 1.85. The van der Waals surface area contributed by atoms with Gasteiger partial charge in [0, 0.05) is 29.3 Å². The fraction of sp³-hybridized carbons (Fsp3) is 0.294. The summed E-state index contributed by atoms with van der Waals surface area (Å²) in [6.45, 7) is 0.710. The van der Waals surface area contributed by atoms with E-state index in [9.17, 15) is 9.90 Å². The minimum atomic E-state index is -1.07. The molecule has 0 bridgehead atoms. The summed E-state index contributed by atoms with van der Waals surface area (Å²) in [6, 6.07) is 3.42. The number of aromatic nitrogens is 3. The number of aromatic amines is 1. The molecule has 0 aliphatic carbocycles. The predicted molar refractivity (Wildman–Crippen MR) is 95.3 cm³/mol. The van der Waals surface area contributed by atoms with Crippen LogP contribution in [-0.2, 0) is 4.74 Å². The maximum Gasteiger partial charge on any atom is 0.352 e. The minimum absolute atomic E-state index is 0.0586. The second-order valence-electron chi connectivity index (χ2n) is 5.99. The molecule has 2 N–H and O–H groups in total. The molecule has 1 saturated heterocycles. The molecule has 3 heterocycles. The fourth-order valence-electron chi connectivity index (χ4n) is 3.22. The van der Waals surface area contributed by atoms with Crippen LogP contribution in [-0.4, -0.2) is 32.4 Å². The smallest absolute Gasteiger partial charge is 0.352 e. The molecule has 1 aromatic carbocycles. The summed E-state index contributed by atoms with van der Waals surface area (Å²) < 4.78 is 7.48. The molecular formula is C17H15Cl2N3O3. The van der Waals surface area contributed by atoms with Crippen LogP contribution < -0.4 is 0 Å². The highest BCUT2D eigenvalue weighted by Crippen LogP contribution is 2.38. The van der Waals surface area contributed by atoms with E-state index < -0.39 is 5.97 Å². The Labute approximate surface area is 153 Å². The topological polar surface area (TPSA) is 80.1 Å². The molecule has 0 spiro atoms. The van der Waals surface area contributed by atoms with Gasteiger partial charge in [-0.15, -0.1) is 0 Å². The molecule has 1 aliphatic rings. The van der Waals surface area contributed by atoms with Gasteiger partial charge in [-0.3, -0.25) is 0 Å². The Kier molecular flexibility index (Phi) is 4.19. The van der Waals surface area contributed by atoms with E-state index in [2.05, 4.69) is 10.1 Å². The number of nitrogens with one attached hydrogen (secondary N) is 1. The summed E-state index contributed by atoms with van der Waals surface area (Å²) in [5.74, 6) is -1.07. The number of benzene rings is 1. The van der Waals surface area contributed by atoms with Gasteiger partial charge in [0.05, 0.1) is 21.8 Å². The van der Waals surface area contributed by atoms with E-state index in [0.717, 1.165) is 19.3 Å². The number of H-pyrrole nitrogens is 1. The Hall–Kier alpha value is -2.02. The van der Waals surface area contributed by atoms with E-state index in [1.807, 2.05) is 6.20 Å². The van der Waals surface area contributed by atoms with Crippen molar-refractivity contribution in [3.8, 4) is 11.1 Å². The molecule has 4 rings (SSSR count). The Morgan fingerprint density at radius 3 is 2.92 bits per heavy atom. The number of carbonyl (C=O) groups is 1. The first-order valence-corrected chi connectivity index (χ1v) is 8.71. The Bertz CT molecular complexity index is 958. The Morgan fingerprint density at radius 1 is 1.36 bits per heavy atom. The third-order valence-electron chi connectivity index (χ3n) is 4.42. The first kappa shape index (κ1) is 16.4. The molecule has 25 heavy (non-hydrogen) atoms. The molecule has 3 aromatic rings. The van der Waals surface area contributed by atoms with Gasteiger partial charge in [-0.1, -0.05) is 29.3 Å². The molecule has 1 unspecified atom stereocenters. The zero-order valence-electron chi connectivity index (χ0n) is 13.1. The summed E-state index contributed by atoms with van der Waals surface area (Å²) in [5.41, 5.74) is 1.80. The van der Waals surface area contributed by atoms with Crippen molar-refractivity contribution in [1.29, 1.82) is 0 Å². The van der Waals surface area contributed by atoms with Crippen molar-refractivity contribution < 1.29 is 14.6 Å². The zero-order chi connectivity index (χ0) is 17.6. The molecule has 1 aliphatic heterocycles. The third kappa shape index (κ3) is 2.80. The standard InChI is InChI=1S/C17H15Cl2N3O3/c18-11-5-4-10-13(16(17(23)24)21-15(10)14(11)19)9-7-20-22(8-9)12-3-1-2-6-25-12/h4-5,7-8,12,21H,1-3,6H2,(H,23,24). The highest BCUT2D eigenvalue weighted by atomic mass is 35.5. The van der Waals surface area contributed by atoms with E-state index in [-0.39, 0.29) is 11.9 Å². The average Bonchev–Trinajstić information content (AvgIpc) is 3.23. The van der Waals surface area contributed by atoms with Gasteiger partial charge in [0.2, 0.25) is 0 Å². The van der Waals surface area contributed by atoms with Crippen molar-refractivity contribution in [2.24, 2.45) is 0 Å². The van der Waals surface area contributed by atoms with Gasteiger partial charge in [-0.25, -0.2) is 9.48 Å². The van der Waals surface area contributed by atoms with Crippen LogP contribution in [0.4, 0.5) is 0 Å². The second kappa shape index (κ2) is 6.37. The molecule has 130 valence electrons. The van der Waals surface area contributed by atoms with E-state index in [0.29, 0.717) is 38.7 Å². The number of hydrogen-bond donors (Lipinski definition) is 2. The summed E-state index contributed by atoms with van der Waals surface area (Å²) in [6.07, 6.45) is 6.38. The molecule has 0 saturated carbocycles. The normalized spacial score (nSPS) is 17.9. The lowest BCUT2D eigenvalue weighted by molar-refractivity contribution is -0.0394. The van der Waals surface area contributed by atoms with E-state index in [1.165, 1.54) is 0 Å². The number of fused-ring (bicyclic) bond motifs is 1. The number of carboxylic acids is 1. The number of rotatable bonds is 3. The van der Waals surface area contributed by atoms with Gasteiger partial charge in [-0.2, -0.15) is 5.10 Å². The molecule has 1 fully saturated rings. The quantitative estimate of drug-likeness (QED) is 0.688. The van der Waals surface area contributed by atoms with Gasteiger partial charge in [-0.05, 0) is 25.3 Å². The number of aromatic carboxylic acids is 1. The van der Waals surface area contributed by atoms with Crippen molar-refractivity contribution in [2.75, 3.05) is 6.61 Å². The van der Waals surface area contributed by atoms with Gasteiger partial charge >= 0.3 is 5.97 Å². The number of hydrogen-bond acceptors (Lipinski definition) is 3. The summed E-state index contributed by atoms with van der Waals surface area (Å²) in [5, 5.41) is 15.3. The number of nitrogens with zero attached hydrogens (tertiary/aromatic N) is 2. The van der Waals surface area contributed by atoms with E-state index in [1.54, 1.807) is 23.0 Å². The molecule has 0 amide bonds. The molecule has 2 aromatic heterocycles. The van der Waals surface area contributed by atoms with Crippen LogP contribution in [0, 0.1) is 0 Å². The summed E-state index contributed by atoms with van der Waals surface area (Å²) in [7, 11) is 0. The van der Waals surface area contributed by atoms with Crippen LogP contribution in [0.1, 0.15) is 36.0 Å². The van der Waals surface area contributed by atoms with Crippen molar-refractivity contribution in [2.45, 2.75) is 25.5 Å². The van der Waals surface area contributed by atoms with Crippen LogP contribution in [0.2, 0.25) is 10.0 Å². The Morgan fingerprint density at radius 2 is 2.20 bits per heavy atom. The largest absolute Gasteiger partial charge is 0.477 e. The molecule has 6 nitrogen and oxygen atoms in total. The lowest BCUT2D eigenvalue weighted by Gasteiger charge is -2.22. The van der Waals surface area contributed by atoms with Gasteiger partial charge in [0.25, 0.3) is 0 Å². The average molecular weight is 380 g/mol. The van der Waals surface area contributed by atoms with Crippen molar-refractivity contribution in [3.63, 3.8) is 0 Å². The molecular weight excluding hydrogens is 365 g/mol. The highest BCUT2D eigenvalue weighted by Gasteiger charge is 2.23. The van der Waals surface area contributed by atoms with Crippen molar-refractivity contribution in [1.82, 2.24) is 14.8 Å². The lowest BCUT2D eigenvalue weighted by atomic mass is 10.1. The second-order valence-corrected chi connectivity index (χ2v) is 6.78. The van der Waals surface area contributed by atoms with Crippen LogP contribution in [0.3, 0.4) is 0 Å². The predicted octanol–water partition coefficient (Wildman–Crippen LogP) is 4.74. The lowest BCUT2D eigenvalue weighted by Crippen LogP contribution is -2.18. The highest BCUT2D eigenvalue weighted by molar-refractivity contribution is 6.45. The SMILES string of the molecule is O=C(O)c1[nH]c2c(Cl)c(Cl)ccc2c1-c1cnn(C2CCCCO2)c1. The van der Waals surface area contributed by atoms with Crippen LogP contribution in [0.15, 0.2) is 24.5 Å². The number of ether oxygens (including phenoxy) is 1. The van der Waals surface area contributed by atoms with Crippen LogP contribution in [0.5, 0.6) is 0 Å². The molecule has 0 radical (unpaired) electrons. The monoisotopic (exact) mass is 379 g/mol. The zero-order valence-corrected chi connectivity index (χ0v) is 14.6. The first-order valence-electron chi connectivity index (χ1n) is 7.95. The minimum Gasteiger partial charge on any atom is -0.477 e. The van der Waals surface area contributed by atoms with Crippen LogP contribution >= 0.6 is 23.2 Å². The first-order chi connectivity index (χ1) is 12.1. The van der Waals surface area contributed by atoms with Crippen molar-refractivity contribution >= 4 is 40.1 Å². The number of halogens is 2. The maximum atomic E-state index is 11.7. The fourth-order valence-corrected chi connectivity index (χ4v) is 3.59. The van der Waals surface area contributed by atoms with Crippen LogP contribution in [0.25, 0.3) is 22.0 Å². The maximum absolute atomic E-state index is 11.7. The summed E-state index contributed by atoms with van der Waals surface area (Å²) >= 11 is 12.3. The van der Waals surface area contributed by atoms with E-state index in [4.69, 9.17) is 27.9 Å². The van der Waals surface area contributed by atoms with Crippen molar-refractivity contribution in [3.05, 3.63) is 40.3 Å². The van der Waals surface area contributed by atoms with E-state index >= 15 is 0 Å². The van der Waals surface area contributed by atoms with Gasteiger partial charge in [0.1, 0.15) is 11.9 Å². The molecule has 1 atom stereocenters. The third-order valence-corrected chi connectivity index (χ3v) is 5.22. The summed E-state index contributed by atoms with van der Waals surface area (Å²) in [4.78, 5) is 14.6. The number of carboxylic acid groups (broad SMARTS) is 1.